The summed E-state index contributed by atoms with van der Waals surface area (Å²) in [5.41, 5.74) is 7.27. The van der Waals surface area contributed by atoms with Crippen LogP contribution in [0.25, 0.3) is 0 Å². The monoisotopic (exact) mass is 489 g/mol. The molecule has 2 aromatic rings. The minimum absolute atomic E-state index is 0.0146. The van der Waals surface area contributed by atoms with Crippen LogP contribution in [-0.2, 0) is 9.59 Å². The Labute approximate surface area is 212 Å². The number of ether oxygens (including phenoxy) is 1. The van der Waals surface area contributed by atoms with Crippen LogP contribution in [0.2, 0.25) is 0 Å². The summed E-state index contributed by atoms with van der Waals surface area (Å²) in [6.07, 6.45) is 4.38. The standard InChI is InChI=1S/C28H35N5O3/c1-16-22(23(16)25(35)31-19-13-28(4,5)36-20-11-7-6-10-18(19)20)24(17-9-8-12-30-15-17)33-21(34)14-27(2,3)32-26(33)29/h6-12,15-16,19,22-24H,13-14H2,1-5H3,(H2,29,32)(H,31,35). The molecule has 1 saturated carbocycles. The van der Waals surface area contributed by atoms with Crippen molar-refractivity contribution in [1.82, 2.24) is 15.2 Å². The highest BCUT2D eigenvalue weighted by Gasteiger charge is 2.59. The molecule has 5 atom stereocenters. The number of guanidine groups is 1. The number of aliphatic imine (C=N–C) groups is 1. The van der Waals surface area contributed by atoms with Gasteiger partial charge in [0.2, 0.25) is 11.8 Å². The second kappa shape index (κ2) is 8.61. The zero-order valence-corrected chi connectivity index (χ0v) is 21.6. The average Bonchev–Trinajstić information content (AvgIpc) is 3.45. The van der Waals surface area contributed by atoms with Gasteiger partial charge in [0.15, 0.2) is 5.96 Å². The van der Waals surface area contributed by atoms with Crippen LogP contribution in [0.5, 0.6) is 5.75 Å². The summed E-state index contributed by atoms with van der Waals surface area (Å²) < 4.78 is 6.14. The number of hydrogen-bond acceptors (Lipinski definition) is 6. The van der Waals surface area contributed by atoms with Crippen LogP contribution in [0, 0.1) is 17.8 Å². The van der Waals surface area contributed by atoms with Crippen LogP contribution < -0.4 is 15.8 Å². The lowest BCUT2D eigenvalue weighted by molar-refractivity contribution is -0.132. The SMILES string of the molecule is CC1C(C(=O)NC2CC(C)(C)Oc3ccccc32)C1C(c1cccnc1)N1C(=O)CC(C)(C)N=C1N. The second-order valence-electron chi connectivity index (χ2n) is 11.6. The summed E-state index contributed by atoms with van der Waals surface area (Å²) in [5.74, 6) is 0.606. The molecule has 0 bridgehead atoms. The number of nitrogens with two attached hydrogens (primary N) is 1. The zero-order chi connectivity index (χ0) is 25.8. The van der Waals surface area contributed by atoms with E-state index < -0.39 is 17.2 Å². The summed E-state index contributed by atoms with van der Waals surface area (Å²) in [4.78, 5) is 37.4. The average molecular weight is 490 g/mol. The first-order valence-electron chi connectivity index (χ1n) is 12.6. The van der Waals surface area contributed by atoms with Gasteiger partial charge in [0.1, 0.15) is 11.4 Å². The lowest BCUT2D eigenvalue weighted by Gasteiger charge is -2.38. The molecule has 1 aromatic heterocycles. The molecule has 8 heteroatoms. The van der Waals surface area contributed by atoms with E-state index in [0.717, 1.165) is 16.9 Å². The summed E-state index contributed by atoms with van der Waals surface area (Å²) in [6, 6.07) is 11.1. The van der Waals surface area contributed by atoms with Gasteiger partial charge < -0.3 is 15.8 Å². The molecule has 3 N–H and O–H groups in total. The molecule has 3 heterocycles. The predicted molar refractivity (Wildman–Crippen MR) is 137 cm³/mol. The highest BCUT2D eigenvalue weighted by Crippen LogP contribution is 2.56. The van der Waals surface area contributed by atoms with Crippen molar-refractivity contribution >= 4 is 17.8 Å². The van der Waals surface area contributed by atoms with Crippen molar-refractivity contribution in [3.8, 4) is 5.75 Å². The lowest BCUT2D eigenvalue weighted by atomic mass is 9.89. The maximum absolute atomic E-state index is 13.7. The molecule has 2 amide bonds. The normalized spacial score (nSPS) is 28.9. The summed E-state index contributed by atoms with van der Waals surface area (Å²) in [6.45, 7) is 9.93. The number of hydrogen-bond donors (Lipinski definition) is 2. The number of fused-ring (bicyclic) bond motifs is 1. The van der Waals surface area contributed by atoms with Crippen LogP contribution in [-0.4, -0.2) is 38.8 Å². The van der Waals surface area contributed by atoms with E-state index in [4.69, 9.17) is 10.5 Å². The quantitative estimate of drug-likeness (QED) is 0.665. The Morgan fingerprint density at radius 1 is 1.19 bits per heavy atom. The molecule has 0 radical (unpaired) electrons. The van der Waals surface area contributed by atoms with Crippen molar-refractivity contribution < 1.29 is 14.3 Å². The Morgan fingerprint density at radius 2 is 1.94 bits per heavy atom. The topological polar surface area (TPSA) is 110 Å². The number of rotatable bonds is 5. The number of carbonyl (C=O) groups is 2. The van der Waals surface area contributed by atoms with E-state index in [1.165, 1.54) is 0 Å². The highest BCUT2D eigenvalue weighted by atomic mass is 16.5. The molecule has 36 heavy (non-hydrogen) atoms. The number of para-hydroxylation sites is 1. The molecular weight excluding hydrogens is 454 g/mol. The van der Waals surface area contributed by atoms with E-state index in [2.05, 4.69) is 22.2 Å². The molecule has 3 aliphatic rings. The summed E-state index contributed by atoms with van der Waals surface area (Å²) >= 11 is 0. The molecule has 5 rings (SSSR count). The van der Waals surface area contributed by atoms with Crippen molar-refractivity contribution in [2.75, 3.05) is 0 Å². The molecule has 0 saturated heterocycles. The van der Waals surface area contributed by atoms with Gasteiger partial charge >= 0.3 is 0 Å². The third-order valence-electron chi connectivity index (χ3n) is 7.63. The molecule has 1 aromatic carbocycles. The number of pyridine rings is 1. The Bertz CT molecular complexity index is 1210. The molecule has 190 valence electrons. The first-order chi connectivity index (χ1) is 17.0. The maximum atomic E-state index is 13.7. The minimum atomic E-state index is -0.549. The second-order valence-corrected chi connectivity index (χ2v) is 11.6. The van der Waals surface area contributed by atoms with Gasteiger partial charge in [0.05, 0.1) is 24.0 Å². The van der Waals surface area contributed by atoms with E-state index in [1.807, 2.05) is 64.1 Å². The molecular formula is C28H35N5O3. The van der Waals surface area contributed by atoms with Crippen molar-refractivity contribution in [3.05, 3.63) is 59.9 Å². The third-order valence-corrected chi connectivity index (χ3v) is 7.63. The third kappa shape index (κ3) is 4.45. The van der Waals surface area contributed by atoms with Crippen molar-refractivity contribution in [1.29, 1.82) is 0 Å². The molecule has 2 aliphatic heterocycles. The number of nitrogens with zero attached hydrogens (tertiary/aromatic N) is 3. The zero-order valence-electron chi connectivity index (χ0n) is 21.6. The van der Waals surface area contributed by atoms with Crippen LogP contribution in [0.1, 0.15) is 70.7 Å². The Balaban J connectivity index is 1.43. The van der Waals surface area contributed by atoms with Gasteiger partial charge in [-0.15, -0.1) is 0 Å². The smallest absolute Gasteiger partial charge is 0.232 e. The van der Waals surface area contributed by atoms with Crippen molar-refractivity contribution in [2.45, 2.75) is 70.7 Å². The molecule has 0 spiro atoms. The van der Waals surface area contributed by atoms with Gasteiger partial charge in [-0.1, -0.05) is 31.2 Å². The van der Waals surface area contributed by atoms with Crippen molar-refractivity contribution in [2.24, 2.45) is 28.5 Å². The fraction of sp³-hybridized carbons (Fsp3) is 0.500. The highest BCUT2D eigenvalue weighted by molar-refractivity contribution is 5.99. The van der Waals surface area contributed by atoms with Gasteiger partial charge in [-0.2, -0.15) is 0 Å². The number of carbonyl (C=O) groups excluding carboxylic acids is 2. The van der Waals surface area contributed by atoms with Gasteiger partial charge in [-0.05, 0) is 57.2 Å². The molecule has 8 nitrogen and oxygen atoms in total. The fourth-order valence-electron chi connectivity index (χ4n) is 5.97. The summed E-state index contributed by atoms with van der Waals surface area (Å²) in [7, 11) is 0. The van der Waals surface area contributed by atoms with Crippen LogP contribution in [0.4, 0.5) is 0 Å². The van der Waals surface area contributed by atoms with Gasteiger partial charge in [-0.3, -0.25) is 19.5 Å². The number of aromatic nitrogens is 1. The Hall–Kier alpha value is -3.42. The van der Waals surface area contributed by atoms with E-state index in [-0.39, 0.29) is 48.0 Å². The van der Waals surface area contributed by atoms with Gasteiger partial charge in [-0.25, -0.2) is 4.99 Å². The Morgan fingerprint density at radius 3 is 2.64 bits per heavy atom. The fourth-order valence-corrected chi connectivity index (χ4v) is 5.97. The van der Waals surface area contributed by atoms with Crippen LogP contribution >= 0.6 is 0 Å². The number of amides is 2. The van der Waals surface area contributed by atoms with Crippen LogP contribution in [0.15, 0.2) is 53.8 Å². The van der Waals surface area contributed by atoms with Crippen LogP contribution in [0.3, 0.4) is 0 Å². The molecule has 1 aliphatic carbocycles. The predicted octanol–water partition coefficient (Wildman–Crippen LogP) is 3.75. The van der Waals surface area contributed by atoms with Gasteiger partial charge in [0.25, 0.3) is 0 Å². The Kier molecular flexibility index (Phi) is 5.80. The number of nitrogens with one attached hydrogen (secondary N) is 1. The minimum Gasteiger partial charge on any atom is -0.487 e. The van der Waals surface area contributed by atoms with Crippen molar-refractivity contribution in [3.63, 3.8) is 0 Å². The van der Waals surface area contributed by atoms with E-state index in [1.54, 1.807) is 17.3 Å². The van der Waals surface area contributed by atoms with Gasteiger partial charge in [0, 0.05) is 30.3 Å². The number of benzene rings is 1. The molecule has 1 fully saturated rings. The van der Waals surface area contributed by atoms with E-state index in [9.17, 15) is 9.59 Å². The first-order valence-corrected chi connectivity index (χ1v) is 12.6. The molecule has 5 unspecified atom stereocenters. The summed E-state index contributed by atoms with van der Waals surface area (Å²) in [5, 5.41) is 3.30. The van der Waals surface area contributed by atoms with E-state index >= 15 is 0 Å². The largest absolute Gasteiger partial charge is 0.487 e. The lowest BCUT2D eigenvalue weighted by Crippen LogP contribution is -2.52. The van der Waals surface area contributed by atoms with E-state index in [0.29, 0.717) is 6.42 Å². The first kappa shape index (κ1) is 24.3. The maximum Gasteiger partial charge on any atom is 0.232 e.